The van der Waals surface area contributed by atoms with E-state index in [1.54, 1.807) is 0 Å². The first-order chi connectivity index (χ1) is 10.5. The Labute approximate surface area is 136 Å². The van der Waals surface area contributed by atoms with Gasteiger partial charge in [-0.1, -0.05) is 19.3 Å². The summed E-state index contributed by atoms with van der Waals surface area (Å²) in [5.41, 5.74) is 3.20. The van der Waals surface area contributed by atoms with Crippen molar-refractivity contribution < 1.29 is 9.84 Å². The fraction of sp³-hybridized carbons (Fsp3) is 0.579. The van der Waals surface area contributed by atoms with Gasteiger partial charge in [0.2, 0.25) is 0 Å². The van der Waals surface area contributed by atoms with E-state index in [2.05, 4.69) is 19.9 Å². The van der Waals surface area contributed by atoms with E-state index in [9.17, 15) is 5.11 Å². The molecule has 3 aliphatic rings. The van der Waals surface area contributed by atoms with Crippen molar-refractivity contribution in [2.45, 2.75) is 58.0 Å². The van der Waals surface area contributed by atoms with Crippen LogP contribution < -0.4 is 4.74 Å². The molecule has 1 aliphatic carbocycles. The number of allylic oxidation sites excluding steroid dienone is 1. The first-order valence-corrected chi connectivity index (χ1v) is 9.45. The third-order valence-corrected chi connectivity index (χ3v) is 6.44. The van der Waals surface area contributed by atoms with Crippen LogP contribution in [0.25, 0.3) is 5.57 Å². The lowest BCUT2D eigenvalue weighted by Gasteiger charge is -2.34. The zero-order valence-corrected chi connectivity index (χ0v) is 14.3. The zero-order valence-electron chi connectivity index (χ0n) is 13.4. The van der Waals surface area contributed by atoms with Gasteiger partial charge in [0.05, 0.1) is 5.56 Å². The average molecular weight is 316 g/mol. The Hall–Kier alpha value is -1.09. The molecule has 0 aromatic heterocycles. The minimum absolute atomic E-state index is 0.261. The maximum absolute atomic E-state index is 10.6. The lowest BCUT2D eigenvalue weighted by molar-refractivity contribution is 0.153. The van der Waals surface area contributed by atoms with Crippen molar-refractivity contribution >= 4 is 17.3 Å². The summed E-state index contributed by atoms with van der Waals surface area (Å²) in [6.45, 7) is 4.28. The van der Waals surface area contributed by atoms with Crippen molar-refractivity contribution in [3.8, 4) is 11.5 Å². The summed E-state index contributed by atoms with van der Waals surface area (Å²) in [5, 5.41) is 10.6. The van der Waals surface area contributed by atoms with Crippen LogP contribution in [0.1, 0.15) is 57.1 Å². The molecule has 0 bridgehead atoms. The molecule has 22 heavy (non-hydrogen) atoms. The van der Waals surface area contributed by atoms with Crippen LogP contribution in [0.15, 0.2) is 17.0 Å². The molecule has 1 aromatic carbocycles. The Morgan fingerprint density at radius 3 is 2.91 bits per heavy atom. The number of benzene rings is 1. The molecule has 1 N–H and O–H groups in total. The largest absolute Gasteiger partial charge is 0.507 e. The van der Waals surface area contributed by atoms with Gasteiger partial charge in [0.1, 0.15) is 17.1 Å². The first kappa shape index (κ1) is 14.5. The molecule has 1 aromatic rings. The number of ether oxygens (including phenoxy) is 1. The van der Waals surface area contributed by atoms with E-state index >= 15 is 0 Å². The lowest BCUT2D eigenvalue weighted by Crippen LogP contribution is -2.32. The fourth-order valence-corrected chi connectivity index (χ4v) is 5.02. The molecule has 0 amide bonds. The maximum Gasteiger partial charge on any atom is 0.134 e. The molecule has 0 unspecified atom stereocenters. The number of rotatable bonds is 4. The minimum atomic E-state index is -0.261. The highest BCUT2D eigenvalue weighted by atomic mass is 32.2. The second kappa shape index (κ2) is 5.23. The number of hydrogen-bond acceptors (Lipinski definition) is 3. The predicted octanol–water partition coefficient (Wildman–Crippen LogP) is 5.14. The summed E-state index contributed by atoms with van der Waals surface area (Å²) in [6.07, 6.45) is 7.46. The molecule has 0 radical (unpaired) electrons. The highest BCUT2D eigenvalue weighted by Gasteiger charge is 2.39. The standard InChI is InChI=1S/C19H24O2S/c1-19(2)18-14(8-9-22-18)17-15(20)10-13(11-16(17)21-19)5-3-4-12-6-7-12/h10-12,20H,3-9H2,1-2H3. The van der Waals surface area contributed by atoms with Gasteiger partial charge in [-0.3, -0.25) is 0 Å². The lowest BCUT2D eigenvalue weighted by atomic mass is 9.91. The van der Waals surface area contributed by atoms with Crippen molar-refractivity contribution in [1.29, 1.82) is 0 Å². The van der Waals surface area contributed by atoms with E-state index in [-0.39, 0.29) is 5.60 Å². The molecular formula is C19H24O2S. The van der Waals surface area contributed by atoms with Crippen LogP contribution in [0.2, 0.25) is 0 Å². The molecule has 2 heterocycles. The second-order valence-electron chi connectivity index (χ2n) is 7.34. The summed E-state index contributed by atoms with van der Waals surface area (Å²) >= 11 is 1.88. The summed E-state index contributed by atoms with van der Waals surface area (Å²) in [4.78, 5) is 1.30. The topological polar surface area (TPSA) is 29.5 Å². The van der Waals surface area contributed by atoms with Crippen LogP contribution >= 0.6 is 11.8 Å². The molecule has 2 aliphatic heterocycles. The second-order valence-corrected chi connectivity index (χ2v) is 8.45. The van der Waals surface area contributed by atoms with Gasteiger partial charge in [-0.2, -0.15) is 0 Å². The Balaban J connectivity index is 1.64. The van der Waals surface area contributed by atoms with Gasteiger partial charge in [0, 0.05) is 10.7 Å². The van der Waals surface area contributed by atoms with Crippen LogP contribution in [0.4, 0.5) is 0 Å². The van der Waals surface area contributed by atoms with E-state index in [1.165, 1.54) is 41.7 Å². The number of hydrogen-bond donors (Lipinski definition) is 1. The van der Waals surface area contributed by atoms with E-state index in [0.29, 0.717) is 5.75 Å². The Kier molecular flexibility index (Phi) is 3.44. The monoisotopic (exact) mass is 316 g/mol. The Bertz CT molecular complexity index is 641. The quantitative estimate of drug-likeness (QED) is 0.833. The smallest absolute Gasteiger partial charge is 0.134 e. The molecule has 2 nitrogen and oxygen atoms in total. The highest BCUT2D eigenvalue weighted by molar-refractivity contribution is 8.03. The fourth-order valence-electron chi connectivity index (χ4n) is 3.74. The molecule has 1 fully saturated rings. The molecule has 0 atom stereocenters. The molecule has 0 saturated heterocycles. The number of thioether (sulfide) groups is 1. The zero-order chi connectivity index (χ0) is 15.3. The van der Waals surface area contributed by atoms with E-state index in [0.717, 1.165) is 35.8 Å². The van der Waals surface area contributed by atoms with Crippen LogP contribution in [-0.4, -0.2) is 16.5 Å². The number of phenols is 1. The predicted molar refractivity (Wildman–Crippen MR) is 92.5 cm³/mol. The highest BCUT2D eigenvalue weighted by Crippen LogP contribution is 2.53. The number of aromatic hydroxyl groups is 1. The third-order valence-electron chi connectivity index (χ3n) is 5.00. The Morgan fingerprint density at radius 1 is 1.32 bits per heavy atom. The van der Waals surface area contributed by atoms with Crippen molar-refractivity contribution in [2.24, 2.45) is 5.92 Å². The van der Waals surface area contributed by atoms with Crippen LogP contribution in [0.3, 0.4) is 0 Å². The van der Waals surface area contributed by atoms with Crippen LogP contribution in [0.5, 0.6) is 11.5 Å². The maximum atomic E-state index is 10.6. The molecule has 4 rings (SSSR count). The van der Waals surface area contributed by atoms with Crippen LogP contribution in [-0.2, 0) is 6.42 Å². The third kappa shape index (κ3) is 2.54. The molecule has 3 heteroatoms. The summed E-state index contributed by atoms with van der Waals surface area (Å²) < 4.78 is 6.26. The van der Waals surface area contributed by atoms with E-state index in [1.807, 2.05) is 17.8 Å². The number of phenolic OH excluding ortho intramolecular Hbond substituents is 1. The minimum Gasteiger partial charge on any atom is -0.507 e. The first-order valence-electron chi connectivity index (χ1n) is 8.46. The molecule has 118 valence electrons. The molecule has 1 saturated carbocycles. The number of fused-ring (bicyclic) bond motifs is 2. The van der Waals surface area contributed by atoms with E-state index < -0.39 is 0 Å². The van der Waals surface area contributed by atoms with Crippen molar-refractivity contribution in [1.82, 2.24) is 0 Å². The summed E-state index contributed by atoms with van der Waals surface area (Å²) in [6, 6.07) is 4.12. The van der Waals surface area contributed by atoms with Gasteiger partial charge in [-0.05, 0) is 62.3 Å². The molecular weight excluding hydrogens is 292 g/mol. The summed E-state index contributed by atoms with van der Waals surface area (Å²) in [7, 11) is 0. The van der Waals surface area contributed by atoms with Crippen LogP contribution in [0, 0.1) is 5.92 Å². The Morgan fingerprint density at radius 2 is 2.14 bits per heavy atom. The van der Waals surface area contributed by atoms with E-state index in [4.69, 9.17) is 4.74 Å². The van der Waals surface area contributed by atoms with Gasteiger partial charge in [0.15, 0.2) is 0 Å². The SMILES string of the molecule is CC1(C)Oc2cc(CCCC3CC3)cc(O)c2C2=C1SCC2. The van der Waals surface area contributed by atoms with Gasteiger partial charge in [0.25, 0.3) is 0 Å². The van der Waals surface area contributed by atoms with Gasteiger partial charge < -0.3 is 9.84 Å². The van der Waals surface area contributed by atoms with Gasteiger partial charge in [-0.25, -0.2) is 0 Å². The molecule has 0 spiro atoms. The van der Waals surface area contributed by atoms with Gasteiger partial charge >= 0.3 is 0 Å². The van der Waals surface area contributed by atoms with Crippen molar-refractivity contribution in [2.75, 3.05) is 5.75 Å². The average Bonchev–Trinajstić information content (AvgIpc) is 3.11. The van der Waals surface area contributed by atoms with Crippen molar-refractivity contribution in [3.05, 3.63) is 28.2 Å². The van der Waals surface area contributed by atoms with Crippen molar-refractivity contribution in [3.63, 3.8) is 0 Å². The number of aryl methyl sites for hydroxylation is 1. The normalized spacial score (nSPS) is 22.3. The van der Waals surface area contributed by atoms with Gasteiger partial charge in [-0.15, -0.1) is 11.8 Å². The summed E-state index contributed by atoms with van der Waals surface area (Å²) in [5.74, 6) is 3.36.